The second kappa shape index (κ2) is 9.64. The monoisotopic (exact) mass is 438 g/mol. The summed E-state index contributed by atoms with van der Waals surface area (Å²) in [6.07, 6.45) is 2.72. The standard InChI is InChI=1S/C24H27FN4O3/c1-5-27(6-2)19-9-10-20(17(4)13-19)26-22(30)15-28-11-12-29(24(32)23(28)31)21-14-18(25)8-7-16(21)3/h7-14H,5-6,15H2,1-4H3,(H,26,30). The molecule has 0 spiro atoms. The quantitative estimate of drug-likeness (QED) is 0.575. The van der Waals surface area contributed by atoms with Gasteiger partial charge in [-0.15, -0.1) is 0 Å². The van der Waals surface area contributed by atoms with Gasteiger partial charge in [0, 0.05) is 36.9 Å². The van der Waals surface area contributed by atoms with E-state index in [1.54, 1.807) is 6.92 Å². The smallest absolute Gasteiger partial charge is 0.320 e. The number of nitrogens with zero attached hydrogens (tertiary/aromatic N) is 3. The normalized spacial score (nSPS) is 10.8. The van der Waals surface area contributed by atoms with Gasteiger partial charge in [-0.3, -0.25) is 23.5 Å². The molecular weight excluding hydrogens is 411 g/mol. The van der Waals surface area contributed by atoms with Gasteiger partial charge < -0.3 is 10.2 Å². The zero-order chi connectivity index (χ0) is 23.4. The van der Waals surface area contributed by atoms with Gasteiger partial charge in [-0.05, 0) is 69.2 Å². The lowest BCUT2D eigenvalue weighted by molar-refractivity contribution is -0.116. The Morgan fingerprint density at radius 3 is 2.34 bits per heavy atom. The number of anilines is 2. The Morgan fingerprint density at radius 1 is 0.969 bits per heavy atom. The van der Waals surface area contributed by atoms with E-state index in [0.717, 1.165) is 33.5 Å². The molecule has 0 aliphatic rings. The fraction of sp³-hybridized carbons (Fsp3) is 0.292. The molecule has 7 nitrogen and oxygen atoms in total. The molecule has 1 aromatic heterocycles. The van der Waals surface area contributed by atoms with Crippen molar-refractivity contribution in [3.63, 3.8) is 0 Å². The first-order valence-electron chi connectivity index (χ1n) is 10.5. The zero-order valence-corrected chi connectivity index (χ0v) is 18.7. The Hall–Kier alpha value is -3.68. The average Bonchev–Trinajstić information content (AvgIpc) is 2.76. The minimum atomic E-state index is -0.861. The molecule has 1 N–H and O–H groups in total. The number of nitrogens with one attached hydrogen (secondary N) is 1. The van der Waals surface area contributed by atoms with Gasteiger partial charge in [-0.2, -0.15) is 0 Å². The van der Waals surface area contributed by atoms with Crippen LogP contribution in [0.3, 0.4) is 0 Å². The third-order valence-electron chi connectivity index (χ3n) is 5.42. The molecule has 0 saturated carbocycles. The third-order valence-corrected chi connectivity index (χ3v) is 5.42. The Labute approximate surface area is 185 Å². The highest BCUT2D eigenvalue weighted by Crippen LogP contribution is 2.22. The molecular formula is C24H27FN4O3. The summed E-state index contributed by atoms with van der Waals surface area (Å²) in [5.41, 5.74) is 1.82. The van der Waals surface area contributed by atoms with Crippen molar-refractivity contribution >= 4 is 17.3 Å². The van der Waals surface area contributed by atoms with Crippen molar-refractivity contribution in [1.29, 1.82) is 0 Å². The van der Waals surface area contributed by atoms with E-state index in [4.69, 9.17) is 0 Å². The van der Waals surface area contributed by atoms with Gasteiger partial charge in [0.1, 0.15) is 12.4 Å². The Morgan fingerprint density at radius 2 is 1.69 bits per heavy atom. The minimum Gasteiger partial charge on any atom is -0.372 e. The van der Waals surface area contributed by atoms with E-state index in [1.165, 1.54) is 30.6 Å². The predicted octanol–water partition coefficient (Wildman–Crippen LogP) is 3.24. The van der Waals surface area contributed by atoms with Gasteiger partial charge in [-0.25, -0.2) is 4.39 Å². The largest absolute Gasteiger partial charge is 0.372 e. The number of aromatic nitrogens is 2. The molecule has 1 amide bonds. The van der Waals surface area contributed by atoms with Crippen LogP contribution in [0.2, 0.25) is 0 Å². The van der Waals surface area contributed by atoms with Crippen LogP contribution in [0.15, 0.2) is 58.4 Å². The highest BCUT2D eigenvalue weighted by Gasteiger charge is 2.13. The number of halogens is 1. The SMILES string of the molecule is CCN(CC)c1ccc(NC(=O)Cn2ccn(-c3cc(F)ccc3C)c(=O)c2=O)c(C)c1. The van der Waals surface area contributed by atoms with Crippen LogP contribution in [0.25, 0.3) is 5.69 Å². The first-order valence-corrected chi connectivity index (χ1v) is 10.5. The maximum atomic E-state index is 13.6. The molecule has 168 valence electrons. The van der Waals surface area contributed by atoms with Crippen LogP contribution in [-0.4, -0.2) is 28.1 Å². The fourth-order valence-corrected chi connectivity index (χ4v) is 3.58. The van der Waals surface area contributed by atoms with E-state index in [9.17, 15) is 18.8 Å². The summed E-state index contributed by atoms with van der Waals surface area (Å²) in [5, 5.41) is 2.79. The van der Waals surface area contributed by atoms with Crippen LogP contribution in [0.5, 0.6) is 0 Å². The number of hydrogen-bond donors (Lipinski definition) is 1. The molecule has 0 saturated heterocycles. The van der Waals surface area contributed by atoms with Gasteiger partial charge in [0.2, 0.25) is 5.91 Å². The molecule has 32 heavy (non-hydrogen) atoms. The van der Waals surface area contributed by atoms with Crippen molar-refractivity contribution in [3.8, 4) is 5.69 Å². The van der Waals surface area contributed by atoms with E-state index in [2.05, 4.69) is 24.1 Å². The summed E-state index contributed by atoms with van der Waals surface area (Å²) < 4.78 is 15.7. The molecule has 0 aliphatic carbocycles. The number of aryl methyl sites for hydroxylation is 2. The highest BCUT2D eigenvalue weighted by atomic mass is 19.1. The molecule has 0 radical (unpaired) electrons. The van der Waals surface area contributed by atoms with Gasteiger partial charge in [0.15, 0.2) is 0 Å². The third kappa shape index (κ3) is 4.80. The maximum Gasteiger partial charge on any atom is 0.320 e. The number of rotatable bonds is 7. The highest BCUT2D eigenvalue weighted by molar-refractivity contribution is 5.91. The topological polar surface area (TPSA) is 76.3 Å². The maximum absolute atomic E-state index is 13.6. The number of amides is 1. The summed E-state index contributed by atoms with van der Waals surface area (Å²) in [4.78, 5) is 39.9. The lowest BCUT2D eigenvalue weighted by Crippen LogP contribution is -2.41. The second-order valence-corrected chi connectivity index (χ2v) is 7.56. The number of carbonyl (C=O) groups is 1. The predicted molar refractivity (Wildman–Crippen MR) is 124 cm³/mol. The van der Waals surface area contributed by atoms with Crippen LogP contribution in [0, 0.1) is 19.7 Å². The number of benzene rings is 2. The average molecular weight is 439 g/mol. The first-order chi connectivity index (χ1) is 15.2. The van der Waals surface area contributed by atoms with Crippen LogP contribution in [-0.2, 0) is 11.3 Å². The van der Waals surface area contributed by atoms with Crippen LogP contribution in [0.1, 0.15) is 25.0 Å². The summed E-state index contributed by atoms with van der Waals surface area (Å²) >= 11 is 0. The van der Waals surface area contributed by atoms with Crippen molar-refractivity contribution in [3.05, 3.63) is 86.4 Å². The summed E-state index contributed by atoms with van der Waals surface area (Å²) in [6.45, 7) is 9.22. The van der Waals surface area contributed by atoms with Crippen LogP contribution < -0.4 is 21.3 Å². The summed E-state index contributed by atoms with van der Waals surface area (Å²) in [5.74, 6) is -0.937. The Balaban J connectivity index is 1.80. The minimum absolute atomic E-state index is 0.285. The van der Waals surface area contributed by atoms with E-state index < -0.39 is 22.8 Å². The zero-order valence-electron chi connectivity index (χ0n) is 18.7. The van der Waals surface area contributed by atoms with Crippen molar-refractivity contribution < 1.29 is 9.18 Å². The van der Waals surface area contributed by atoms with Gasteiger partial charge in [0.05, 0.1) is 5.69 Å². The van der Waals surface area contributed by atoms with E-state index in [0.29, 0.717) is 11.3 Å². The van der Waals surface area contributed by atoms with Crippen molar-refractivity contribution in [2.45, 2.75) is 34.2 Å². The molecule has 2 aromatic carbocycles. The molecule has 0 unspecified atom stereocenters. The van der Waals surface area contributed by atoms with Gasteiger partial charge >= 0.3 is 11.1 Å². The summed E-state index contributed by atoms with van der Waals surface area (Å²) in [7, 11) is 0. The molecule has 3 aromatic rings. The molecule has 0 fully saturated rings. The van der Waals surface area contributed by atoms with E-state index in [1.807, 2.05) is 25.1 Å². The van der Waals surface area contributed by atoms with Gasteiger partial charge in [-0.1, -0.05) is 6.07 Å². The number of hydrogen-bond acceptors (Lipinski definition) is 4. The molecule has 8 heteroatoms. The Bertz CT molecular complexity index is 1260. The molecule has 0 bridgehead atoms. The Kier molecular flexibility index (Phi) is 6.92. The van der Waals surface area contributed by atoms with E-state index >= 15 is 0 Å². The number of carbonyl (C=O) groups excluding carboxylic acids is 1. The lowest BCUT2D eigenvalue weighted by atomic mass is 10.1. The molecule has 0 aliphatic heterocycles. The fourth-order valence-electron chi connectivity index (χ4n) is 3.58. The van der Waals surface area contributed by atoms with Crippen molar-refractivity contribution in [2.24, 2.45) is 0 Å². The van der Waals surface area contributed by atoms with Crippen LogP contribution >= 0.6 is 0 Å². The van der Waals surface area contributed by atoms with Gasteiger partial charge in [0.25, 0.3) is 0 Å². The van der Waals surface area contributed by atoms with Crippen molar-refractivity contribution in [2.75, 3.05) is 23.3 Å². The van der Waals surface area contributed by atoms with Crippen molar-refractivity contribution in [1.82, 2.24) is 9.13 Å². The summed E-state index contributed by atoms with van der Waals surface area (Å²) in [6, 6.07) is 9.77. The van der Waals surface area contributed by atoms with E-state index in [-0.39, 0.29) is 12.2 Å². The lowest BCUT2D eigenvalue weighted by Gasteiger charge is -2.22. The molecule has 1 heterocycles. The first kappa shape index (κ1) is 23.0. The van der Waals surface area contributed by atoms with Crippen LogP contribution in [0.4, 0.5) is 15.8 Å². The second-order valence-electron chi connectivity index (χ2n) is 7.56. The molecule has 3 rings (SSSR count). The molecule has 0 atom stereocenters.